The lowest BCUT2D eigenvalue weighted by Crippen LogP contribution is -2.33. The number of benzene rings is 4. The highest BCUT2D eigenvalue weighted by atomic mass is 31.2. The molecule has 1 aliphatic heterocycles. The molecule has 4 aromatic rings. The highest BCUT2D eigenvalue weighted by Crippen LogP contribution is 2.52. The van der Waals surface area contributed by atoms with Crippen molar-refractivity contribution < 1.29 is 22.5 Å². The monoisotopic (exact) mass is 519 g/mol. The number of carbonyl (C=O) groups is 1. The van der Waals surface area contributed by atoms with Crippen molar-refractivity contribution in [1.82, 2.24) is 5.32 Å². The Kier molecular flexibility index (Phi) is 6.30. The smallest absolute Gasteiger partial charge is 0.348 e. The molecule has 0 spiro atoms. The van der Waals surface area contributed by atoms with Crippen LogP contribution in [0.4, 0.5) is 13.2 Å². The summed E-state index contributed by atoms with van der Waals surface area (Å²) < 4.78 is 54.5. The summed E-state index contributed by atoms with van der Waals surface area (Å²) in [5.41, 5.74) is -1.69. The molecule has 0 saturated heterocycles. The summed E-state index contributed by atoms with van der Waals surface area (Å²) in [4.78, 5) is 13.3. The largest absolute Gasteiger partial charge is 0.442 e. The van der Waals surface area contributed by atoms with Crippen LogP contribution in [0.2, 0.25) is 0 Å². The lowest BCUT2D eigenvalue weighted by Gasteiger charge is -2.22. The molecule has 5 nitrogen and oxygen atoms in total. The summed E-state index contributed by atoms with van der Waals surface area (Å²) in [6, 6.07) is 30.4. The van der Waals surface area contributed by atoms with Gasteiger partial charge in [0.25, 0.3) is 5.91 Å². The second-order valence-corrected chi connectivity index (χ2v) is 11.3. The Morgan fingerprint density at radius 1 is 0.757 bits per heavy atom. The van der Waals surface area contributed by atoms with Crippen molar-refractivity contribution in [3.8, 4) is 0 Å². The predicted octanol–water partition coefficient (Wildman–Crippen LogP) is 5.44. The second-order valence-electron chi connectivity index (χ2n) is 8.55. The number of rotatable bonds is 7. The number of carbonyl (C=O) groups excluding carboxylic acids is 1. The number of amides is 1. The maximum Gasteiger partial charge on any atom is 0.442 e. The molecule has 5 rings (SSSR count). The molecule has 37 heavy (non-hydrogen) atoms. The van der Waals surface area contributed by atoms with E-state index in [1.807, 2.05) is 36.4 Å². The van der Waals surface area contributed by atoms with E-state index < -0.39 is 24.9 Å². The van der Waals surface area contributed by atoms with Crippen molar-refractivity contribution in [3.05, 3.63) is 126 Å². The van der Waals surface area contributed by atoms with E-state index in [-0.39, 0.29) is 17.7 Å². The highest BCUT2D eigenvalue weighted by molar-refractivity contribution is 7.85. The molecule has 0 bridgehead atoms. The summed E-state index contributed by atoms with van der Waals surface area (Å²) in [5.74, 6) is -0.439. The Morgan fingerprint density at radius 2 is 1.27 bits per heavy atom. The molecule has 1 aliphatic rings. The van der Waals surface area contributed by atoms with Gasteiger partial charge >= 0.3 is 11.8 Å². The summed E-state index contributed by atoms with van der Waals surface area (Å²) in [7, 11) is -3.39. The van der Waals surface area contributed by atoms with Crippen LogP contribution < -0.4 is 21.2 Å². The van der Waals surface area contributed by atoms with E-state index in [1.54, 1.807) is 48.5 Å². The molecule has 0 aliphatic carbocycles. The Balaban J connectivity index is 1.42. The molecule has 0 aromatic heterocycles. The van der Waals surface area contributed by atoms with Crippen molar-refractivity contribution in [1.29, 1.82) is 0 Å². The summed E-state index contributed by atoms with van der Waals surface area (Å²) in [6.07, 6.45) is -4.60. The zero-order valence-corrected chi connectivity index (χ0v) is 20.3. The van der Waals surface area contributed by atoms with Crippen molar-refractivity contribution >= 4 is 29.0 Å². The predicted molar refractivity (Wildman–Crippen MR) is 136 cm³/mol. The van der Waals surface area contributed by atoms with Crippen LogP contribution in [0.25, 0.3) is 0 Å². The molecule has 0 radical (unpaired) electrons. The fourth-order valence-corrected chi connectivity index (χ4v) is 7.07. The molecule has 1 N–H and O–H groups in total. The lowest BCUT2D eigenvalue weighted by atomic mass is 10.0. The van der Waals surface area contributed by atoms with Gasteiger partial charge in [-0.3, -0.25) is 4.79 Å². The lowest BCUT2D eigenvalue weighted by molar-refractivity contribution is -0.166. The molecule has 0 unspecified atom stereocenters. The average molecular weight is 519 g/mol. The Morgan fingerprint density at radius 3 is 1.78 bits per heavy atom. The van der Waals surface area contributed by atoms with E-state index >= 15 is 0 Å². The zero-order valence-electron chi connectivity index (χ0n) is 19.4. The number of nitrogens with one attached hydrogen (secondary N) is 1. The van der Waals surface area contributed by atoms with Gasteiger partial charge in [0.05, 0.1) is 5.56 Å². The third-order valence-corrected chi connectivity index (χ3v) is 9.35. The number of hydrogen-bond acceptors (Lipinski definition) is 4. The fourth-order valence-electron chi connectivity index (χ4n) is 4.22. The minimum Gasteiger partial charge on any atom is -0.348 e. The minimum atomic E-state index is -4.60. The molecular formula is C28H21F3N3O2P. The van der Waals surface area contributed by atoms with Gasteiger partial charge in [0, 0.05) is 28.0 Å². The molecule has 1 heterocycles. The van der Waals surface area contributed by atoms with Crippen molar-refractivity contribution in [3.63, 3.8) is 0 Å². The first kappa shape index (κ1) is 24.7. The highest BCUT2D eigenvalue weighted by Gasteiger charge is 2.65. The van der Waals surface area contributed by atoms with Crippen LogP contribution in [0, 0.1) is 0 Å². The van der Waals surface area contributed by atoms with E-state index in [9.17, 15) is 22.5 Å². The minimum absolute atomic E-state index is 0.0712. The van der Waals surface area contributed by atoms with Crippen LogP contribution in [0.1, 0.15) is 21.5 Å². The van der Waals surface area contributed by atoms with Gasteiger partial charge in [0.1, 0.15) is 0 Å². The maximum absolute atomic E-state index is 14.7. The first-order chi connectivity index (χ1) is 17.8. The molecular weight excluding hydrogens is 498 g/mol. The van der Waals surface area contributed by atoms with Gasteiger partial charge in [0.2, 0.25) is 0 Å². The summed E-state index contributed by atoms with van der Waals surface area (Å²) in [6.45, 7) is 0.0712. The first-order valence-electron chi connectivity index (χ1n) is 11.4. The van der Waals surface area contributed by atoms with Crippen molar-refractivity contribution in [2.45, 2.75) is 18.4 Å². The molecule has 0 saturated carbocycles. The molecule has 9 heteroatoms. The average Bonchev–Trinajstić information content (AvgIpc) is 3.75. The standard InChI is InChI=1S/C28H21F3N3O2P/c29-28(30,31)27(33-34-27)21-17-15-20(16-18-21)19-32-26(35)24-13-7-8-14-25(24)37(36,22-9-3-1-4-10-22)23-11-5-2-6-12-23/h1-18H,19H2,(H,32,35). The molecule has 186 valence electrons. The first-order valence-corrected chi connectivity index (χ1v) is 13.2. The van der Waals surface area contributed by atoms with Gasteiger partial charge in [-0.1, -0.05) is 103 Å². The quantitative estimate of drug-likeness (QED) is 0.331. The second kappa shape index (κ2) is 9.45. The maximum atomic E-state index is 14.7. The third kappa shape index (κ3) is 4.49. The van der Waals surface area contributed by atoms with Crippen LogP contribution >= 0.6 is 7.14 Å². The Hall–Kier alpha value is -4.03. The zero-order chi connectivity index (χ0) is 26.1. The van der Waals surface area contributed by atoms with E-state index in [1.165, 1.54) is 24.3 Å². The van der Waals surface area contributed by atoms with E-state index in [4.69, 9.17) is 0 Å². The fraction of sp³-hybridized carbons (Fsp3) is 0.107. The molecule has 0 fully saturated rings. The van der Waals surface area contributed by atoms with E-state index in [0.717, 1.165) is 0 Å². The van der Waals surface area contributed by atoms with Gasteiger partial charge in [0.15, 0.2) is 7.14 Å². The van der Waals surface area contributed by atoms with Gasteiger partial charge in [-0.15, -0.1) is 10.2 Å². The third-order valence-electron chi connectivity index (χ3n) is 6.23. The SMILES string of the molecule is O=C(NCc1ccc(C2(C(F)(F)F)N=N2)cc1)c1ccccc1P(=O)(c1ccccc1)c1ccccc1. The number of hydrogen-bond donors (Lipinski definition) is 1. The van der Waals surface area contributed by atoms with Crippen LogP contribution in [0.3, 0.4) is 0 Å². The topological polar surface area (TPSA) is 70.9 Å². The number of halogens is 3. The van der Waals surface area contributed by atoms with Crippen LogP contribution in [0.5, 0.6) is 0 Å². The number of alkyl halides is 3. The molecule has 1 amide bonds. The number of nitrogens with zero attached hydrogens (tertiary/aromatic N) is 2. The summed E-state index contributed by atoms with van der Waals surface area (Å²) >= 11 is 0. The van der Waals surface area contributed by atoms with Crippen LogP contribution in [-0.4, -0.2) is 12.1 Å². The van der Waals surface area contributed by atoms with Crippen LogP contribution in [-0.2, 0) is 16.8 Å². The van der Waals surface area contributed by atoms with Gasteiger partial charge in [-0.05, 0) is 11.6 Å². The van der Waals surface area contributed by atoms with E-state index in [0.29, 0.717) is 21.5 Å². The Bertz CT molecular complexity index is 1460. The van der Waals surface area contributed by atoms with Crippen LogP contribution in [0.15, 0.2) is 119 Å². The van der Waals surface area contributed by atoms with Crippen molar-refractivity contribution in [2.24, 2.45) is 10.2 Å². The normalized spacial score (nSPS) is 14.2. The van der Waals surface area contributed by atoms with Gasteiger partial charge in [-0.2, -0.15) is 13.2 Å². The van der Waals surface area contributed by atoms with Crippen molar-refractivity contribution in [2.75, 3.05) is 0 Å². The van der Waals surface area contributed by atoms with Gasteiger partial charge in [-0.25, -0.2) is 0 Å². The molecule has 0 atom stereocenters. The van der Waals surface area contributed by atoms with E-state index in [2.05, 4.69) is 15.5 Å². The summed E-state index contributed by atoms with van der Waals surface area (Å²) in [5, 5.41) is 10.8. The van der Waals surface area contributed by atoms with Gasteiger partial charge < -0.3 is 9.88 Å². The molecule has 4 aromatic carbocycles. The Labute approximate surface area is 211 Å².